The molecule has 12 heavy (non-hydrogen) atoms. The molecule has 3 nitrogen and oxygen atoms in total. The van der Waals surface area contributed by atoms with E-state index < -0.39 is 0 Å². The van der Waals surface area contributed by atoms with Crippen LogP contribution in [0.15, 0.2) is 30.7 Å². The minimum Gasteiger partial charge on any atom is -0.390 e. The first-order chi connectivity index (χ1) is 5.92. The van der Waals surface area contributed by atoms with E-state index in [1.807, 2.05) is 12.1 Å². The lowest BCUT2D eigenvalue weighted by Gasteiger charge is -2.00. The van der Waals surface area contributed by atoms with Crippen LogP contribution >= 0.6 is 0 Å². The summed E-state index contributed by atoms with van der Waals surface area (Å²) in [5, 5.41) is 10.9. The Morgan fingerprint density at radius 2 is 2.17 bits per heavy atom. The molecule has 1 N–H and O–H groups in total. The largest absolute Gasteiger partial charge is 0.390 e. The maximum Gasteiger partial charge on any atom is 0.0859 e. The van der Waals surface area contributed by atoms with Gasteiger partial charge < -0.3 is 5.11 Å². The molecule has 0 bridgehead atoms. The Bertz CT molecular complexity index is 395. The third kappa shape index (κ3) is 1.04. The van der Waals surface area contributed by atoms with Gasteiger partial charge in [0.2, 0.25) is 0 Å². The molecule has 3 heteroatoms. The Labute approximate surface area is 69.7 Å². The van der Waals surface area contributed by atoms with Gasteiger partial charge in [-0.25, -0.2) is 0 Å². The lowest BCUT2D eigenvalue weighted by atomic mass is 10.2. The van der Waals surface area contributed by atoms with Crippen molar-refractivity contribution in [1.29, 1.82) is 0 Å². The van der Waals surface area contributed by atoms with E-state index in [1.165, 1.54) is 0 Å². The Hall–Kier alpha value is -1.48. The van der Waals surface area contributed by atoms with E-state index in [1.54, 1.807) is 18.6 Å². The van der Waals surface area contributed by atoms with Crippen LogP contribution in [0.5, 0.6) is 0 Å². The third-order valence-corrected chi connectivity index (χ3v) is 1.80. The van der Waals surface area contributed by atoms with E-state index in [-0.39, 0.29) is 6.61 Å². The monoisotopic (exact) mass is 160 g/mol. The van der Waals surface area contributed by atoms with E-state index in [4.69, 9.17) is 5.11 Å². The summed E-state index contributed by atoms with van der Waals surface area (Å²) in [6.07, 6.45) is 5.13. The summed E-state index contributed by atoms with van der Waals surface area (Å²) in [6.45, 7) is -0.0264. The Morgan fingerprint density at radius 1 is 1.25 bits per heavy atom. The molecule has 2 rings (SSSR count). The van der Waals surface area contributed by atoms with Gasteiger partial charge in [0.1, 0.15) is 0 Å². The van der Waals surface area contributed by atoms with Gasteiger partial charge in [-0.3, -0.25) is 9.97 Å². The normalized spacial score (nSPS) is 10.4. The molecule has 0 amide bonds. The van der Waals surface area contributed by atoms with Crippen LogP contribution in [0.4, 0.5) is 0 Å². The van der Waals surface area contributed by atoms with Crippen molar-refractivity contribution in [3.8, 4) is 0 Å². The first kappa shape index (κ1) is 7.18. The minimum absolute atomic E-state index is 0.0264. The van der Waals surface area contributed by atoms with Gasteiger partial charge in [0.05, 0.1) is 12.3 Å². The van der Waals surface area contributed by atoms with E-state index in [0.29, 0.717) is 5.69 Å². The lowest BCUT2D eigenvalue weighted by Crippen LogP contribution is -1.90. The van der Waals surface area contributed by atoms with Gasteiger partial charge in [0.25, 0.3) is 0 Å². The highest BCUT2D eigenvalue weighted by Gasteiger charge is 1.98. The standard InChI is InChI=1S/C9H8N2O/c12-6-9-8-2-3-10-5-7(8)1-4-11-9/h1-5,12H,6H2. The van der Waals surface area contributed by atoms with Gasteiger partial charge in [0.15, 0.2) is 0 Å². The fourth-order valence-electron chi connectivity index (χ4n) is 1.21. The zero-order chi connectivity index (χ0) is 8.39. The van der Waals surface area contributed by atoms with E-state index in [0.717, 1.165) is 10.8 Å². The summed E-state index contributed by atoms with van der Waals surface area (Å²) in [4.78, 5) is 8.03. The number of hydrogen-bond donors (Lipinski definition) is 1. The molecule has 2 heterocycles. The number of hydrogen-bond acceptors (Lipinski definition) is 3. The number of aromatic nitrogens is 2. The van der Waals surface area contributed by atoms with E-state index >= 15 is 0 Å². The average Bonchev–Trinajstić information content (AvgIpc) is 2.17. The highest BCUT2D eigenvalue weighted by molar-refractivity contribution is 5.83. The van der Waals surface area contributed by atoms with Gasteiger partial charge in [0, 0.05) is 29.4 Å². The fourth-order valence-corrected chi connectivity index (χ4v) is 1.21. The highest BCUT2D eigenvalue weighted by Crippen LogP contribution is 2.14. The summed E-state index contributed by atoms with van der Waals surface area (Å²) < 4.78 is 0. The molecule has 0 aromatic carbocycles. The molecule has 0 radical (unpaired) electrons. The van der Waals surface area contributed by atoms with E-state index in [2.05, 4.69) is 9.97 Å². The van der Waals surface area contributed by atoms with Crippen molar-refractivity contribution in [1.82, 2.24) is 9.97 Å². The zero-order valence-corrected chi connectivity index (χ0v) is 6.44. The van der Waals surface area contributed by atoms with Crippen molar-refractivity contribution >= 4 is 10.8 Å². The van der Waals surface area contributed by atoms with Crippen molar-refractivity contribution in [3.05, 3.63) is 36.4 Å². The summed E-state index contributed by atoms with van der Waals surface area (Å²) in [5.41, 5.74) is 0.704. The second-order valence-corrected chi connectivity index (χ2v) is 2.51. The number of nitrogens with zero attached hydrogens (tertiary/aromatic N) is 2. The smallest absolute Gasteiger partial charge is 0.0859 e. The molecule has 0 fully saturated rings. The molecule has 0 saturated carbocycles. The molecule has 2 aromatic heterocycles. The first-order valence-corrected chi connectivity index (χ1v) is 3.70. The summed E-state index contributed by atoms with van der Waals surface area (Å²) in [5.74, 6) is 0. The van der Waals surface area contributed by atoms with Crippen LogP contribution in [0.25, 0.3) is 10.8 Å². The van der Waals surface area contributed by atoms with Crippen molar-refractivity contribution in [2.75, 3.05) is 0 Å². The van der Waals surface area contributed by atoms with Crippen LogP contribution in [0.3, 0.4) is 0 Å². The first-order valence-electron chi connectivity index (χ1n) is 3.70. The van der Waals surface area contributed by atoms with Gasteiger partial charge in [-0.2, -0.15) is 0 Å². The quantitative estimate of drug-likeness (QED) is 0.680. The molecule has 60 valence electrons. The predicted octanol–water partition coefficient (Wildman–Crippen LogP) is 1.12. The van der Waals surface area contributed by atoms with Crippen LogP contribution < -0.4 is 0 Å². The van der Waals surface area contributed by atoms with Gasteiger partial charge >= 0.3 is 0 Å². The van der Waals surface area contributed by atoms with Crippen LogP contribution in [0.2, 0.25) is 0 Å². The molecule has 0 saturated heterocycles. The maximum atomic E-state index is 8.95. The number of fused-ring (bicyclic) bond motifs is 1. The number of aliphatic hydroxyl groups excluding tert-OH is 1. The second-order valence-electron chi connectivity index (χ2n) is 2.51. The van der Waals surface area contributed by atoms with Crippen molar-refractivity contribution in [3.63, 3.8) is 0 Å². The molecular formula is C9H8N2O. The average molecular weight is 160 g/mol. The maximum absolute atomic E-state index is 8.95. The van der Waals surface area contributed by atoms with Crippen LogP contribution in [-0.2, 0) is 6.61 Å². The molecule has 0 spiro atoms. The molecule has 2 aromatic rings. The van der Waals surface area contributed by atoms with Crippen LogP contribution in [0.1, 0.15) is 5.69 Å². The van der Waals surface area contributed by atoms with Gasteiger partial charge in [-0.05, 0) is 12.1 Å². The summed E-state index contributed by atoms with van der Waals surface area (Å²) in [7, 11) is 0. The summed E-state index contributed by atoms with van der Waals surface area (Å²) in [6, 6.07) is 3.73. The van der Waals surface area contributed by atoms with Crippen LogP contribution in [-0.4, -0.2) is 15.1 Å². The molecule has 0 aliphatic rings. The fraction of sp³-hybridized carbons (Fsp3) is 0.111. The SMILES string of the molecule is OCc1nccc2cnccc12. The topological polar surface area (TPSA) is 46.0 Å². The third-order valence-electron chi connectivity index (χ3n) is 1.80. The molecular weight excluding hydrogens is 152 g/mol. The Kier molecular flexibility index (Phi) is 1.72. The Morgan fingerprint density at radius 3 is 3.00 bits per heavy atom. The van der Waals surface area contributed by atoms with Crippen molar-refractivity contribution in [2.24, 2.45) is 0 Å². The van der Waals surface area contributed by atoms with Gasteiger partial charge in [-0.15, -0.1) is 0 Å². The molecule has 0 aliphatic carbocycles. The number of pyridine rings is 2. The molecule has 0 aliphatic heterocycles. The second kappa shape index (κ2) is 2.87. The summed E-state index contributed by atoms with van der Waals surface area (Å²) >= 11 is 0. The van der Waals surface area contributed by atoms with Crippen molar-refractivity contribution < 1.29 is 5.11 Å². The lowest BCUT2D eigenvalue weighted by molar-refractivity contribution is 0.278. The predicted molar refractivity (Wildman–Crippen MR) is 45.5 cm³/mol. The highest BCUT2D eigenvalue weighted by atomic mass is 16.3. The van der Waals surface area contributed by atoms with E-state index in [9.17, 15) is 0 Å². The van der Waals surface area contributed by atoms with Crippen LogP contribution in [0, 0.1) is 0 Å². The zero-order valence-electron chi connectivity index (χ0n) is 6.44. The van der Waals surface area contributed by atoms with Crippen molar-refractivity contribution in [2.45, 2.75) is 6.61 Å². The van der Waals surface area contributed by atoms with Gasteiger partial charge in [-0.1, -0.05) is 0 Å². The number of rotatable bonds is 1. The molecule has 0 unspecified atom stereocenters. The molecule has 0 atom stereocenters. The Balaban J connectivity index is 2.79. The minimum atomic E-state index is -0.0264. The number of aliphatic hydroxyl groups is 1.